The number of benzene rings is 2. The monoisotopic (exact) mass is 322 g/mol. The minimum Gasteiger partial charge on any atom is -0.424 e. The molecule has 4 rings (SSSR count). The molecule has 0 aliphatic rings. The maximum atomic E-state index is 13.2. The molecule has 2 heterocycles. The average molecular weight is 322 g/mol. The Balaban J connectivity index is 1.54. The van der Waals surface area contributed by atoms with Gasteiger partial charge in [-0.25, -0.2) is 4.39 Å². The summed E-state index contributed by atoms with van der Waals surface area (Å²) in [6.07, 6.45) is 0. The molecule has 0 bridgehead atoms. The van der Waals surface area contributed by atoms with E-state index in [9.17, 15) is 4.39 Å². The number of hydrogen-bond acceptors (Lipinski definition) is 4. The van der Waals surface area contributed by atoms with Crippen LogP contribution in [-0.4, -0.2) is 14.8 Å². The third kappa shape index (κ3) is 2.74. The molecule has 4 aromatic rings. The number of aromatic nitrogens is 3. The van der Waals surface area contributed by atoms with Gasteiger partial charge in [0.25, 0.3) is 6.01 Å². The van der Waals surface area contributed by atoms with Gasteiger partial charge in [-0.05, 0) is 18.2 Å². The SMILES string of the molecule is Cn1nc(-c2ccccc2)cc1CNc1nc2cc(F)ccc2o1. The predicted molar refractivity (Wildman–Crippen MR) is 89.9 cm³/mol. The summed E-state index contributed by atoms with van der Waals surface area (Å²) in [4.78, 5) is 4.24. The zero-order valence-electron chi connectivity index (χ0n) is 13.0. The van der Waals surface area contributed by atoms with E-state index in [0.717, 1.165) is 17.0 Å². The first-order chi connectivity index (χ1) is 11.7. The number of aryl methyl sites for hydroxylation is 1. The van der Waals surface area contributed by atoms with Crippen LogP contribution in [0.15, 0.2) is 59.0 Å². The molecule has 0 amide bonds. The van der Waals surface area contributed by atoms with Gasteiger partial charge in [-0.15, -0.1) is 0 Å². The first-order valence-electron chi connectivity index (χ1n) is 7.57. The van der Waals surface area contributed by atoms with Crippen molar-refractivity contribution in [2.75, 3.05) is 5.32 Å². The molecule has 2 aromatic heterocycles. The van der Waals surface area contributed by atoms with Gasteiger partial charge in [0.05, 0.1) is 17.9 Å². The van der Waals surface area contributed by atoms with Crippen molar-refractivity contribution in [3.63, 3.8) is 0 Å². The van der Waals surface area contributed by atoms with Crippen molar-refractivity contribution >= 4 is 17.1 Å². The van der Waals surface area contributed by atoms with Crippen LogP contribution < -0.4 is 5.32 Å². The lowest BCUT2D eigenvalue weighted by Gasteiger charge is -2.01. The van der Waals surface area contributed by atoms with E-state index in [1.807, 2.05) is 48.1 Å². The lowest BCUT2D eigenvalue weighted by molar-refractivity contribution is 0.607. The average Bonchev–Trinajstić information content (AvgIpc) is 3.16. The molecule has 120 valence electrons. The van der Waals surface area contributed by atoms with E-state index in [2.05, 4.69) is 15.4 Å². The Morgan fingerprint density at radius 2 is 1.96 bits per heavy atom. The summed E-state index contributed by atoms with van der Waals surface area (Å²) in [6.45, 7) is 0.506. The Hall–Kier alpha value is -3.15. The van der Waals surface area contributed by atoms with Gasteiger partial charge in [-0.1, -0.05) is 30.3 Å². The minimum atomic E-state index is -0.332. The Morgan fingerprint density at radius 1 is 1.12 bits per heavy atom. The third-order valence-electron chi connectivity index (χ3n) is 3.82. The minimum absolute atomic E-state index is 0.332. The summed E-state index contributed by atoms with van der Waals surface area (Å²) in [5, 5.41) is 7.64. The van der Waals surface area contributed by atoms with Crippen LogP contribution in [0.3, 0.4) is 0 Å². The molecule has 0 aliphatic heterocycles. The van der Waals surface area contributed by atoms with Crippen LogP contribution in [-0.2, 0) is 13.6 Å². The number of fused-ring (bicyclic) bond motifs is 1. The molecule has 0 unspecified atom stereocenters. The summed E-state index contributed by atoms with van der Waals surface area (Å²) < 4.78 is 20.6. The van der Waals surface area contributed by atoms with Crippen LogP contribution in [0, 0.1) is 5.82 Å². The predicted octanol–water partition coefficient (Wildman–Crippen LogP) is 3.98. The van der Waals surface area contributed by atoms with Crippen molar-refractivity contribution in [2.45, 2.75) is 6.54 Å². The van der Waals surface area contributed by atoms with E-state index in [-0.39, 0.29) is 5.82 Å². The van der Waals surface area contributed by atoms with Gasteiger partial charge in [-0.2, -0.15) is 10.1 Å². The van der Waals surface area contributed by atoms with Gasteiger partial charge < -0.3 is 9.73 Å². The quantitative estimate of drug-likeness (QED) is 0.617. The molecular weight excluding hydrogens is 307 g/mol. The molecule has 0 saturated carbocycles. The highest BCUT2D eigenvalue weighted by Gasteiger charge is 2.10. The Morgan fingerprint density at radius 3 is 2.79 bits per heavy atom. The van der Waals surface area contributed by atoms with Crippen LogP contribution in [0.1, 0.15) is 5.69 Å². The normalized spacial score (nSPS) is 11.1. The van der Waals surface area contributed by atoms with E-state index in [4.69, 9.17) is 4.42 Å². The molecule has 0 spiro atoms. The molecule has 24 heavy (non-hydrogen) atoms. The summed E-state index contributed by atoms with van der Waals surface area (Å²) >= 11 is 0. The first kappa shape index (κ1) is 14.4. The van der Waals surface area contributed by atoms with E-state index in [1.54, 1.807) is 6.07 Å². The van der Waals surface area contributed by atoms with Crippen molar-refractivity contribution < 1.29 is 8.81 Å². The molecule has 6 heteroatoms. The zero-order chi connectivity index (χ0) is 16.5. The Bertz CT molecular complexity index is 991. The van der Waals surface area contributed by atoms with Crippen molar-refractivity contribution in [1.29, 1.82) is 0 Å². The second-order valence-electron chi connectivity index (χ2n) is 5.50. The fourth-order valence-electron chi connectivity index (χ4n) is 2.56. The van der Waals surface area contributed by atoms with Gasteiger partial charge in [0.1, 0.15) is 11.3 Å². The largest absolute Gasteiger partial charge is 0.424 e. The van der Waals surface area contributed by atoms with Crippen molar-refractivity contribution in [3.8, 4) is 11.3 Å². The second-order valence-corrected chi connectivity index (χ2v) is 5.50. The first-order valence-corrected chi connectivity index (χ1v) is 7.57. The topological polar surface area (TPSA) is 55.9 Å². The summed E-state index contributed by atoms with van der Waals surface area (Å²) in [5.41, 5.74) is 4.01. The molecule has 0 radical (unpaired) electrons. The molecule has 2 aromatic carbocycles. The molecule has 0 atom stereocenters. The molecule has 1 N–H and O–H groups in total. The van der Waals surface area contributed by atoms with Gasteiger partial charge in [-0.3, -0.25) is 4.68 Å². The van der Waals surface area contributed by atoms with Crippen molar-refractivity contribution in [1.82, 2.24) is 14.8 Å². The number of anilines is 1. The van der Waals surface area contributed by atoms with Gasteiger partial charge in [0, 0.05) is 18.7 Å². The highest BCUT2D eigenvalue weighted by molar-refractivity contribution is 5.74. The zero-order valence-corrected chi connectivity index (χ0v) is 13.0. The summed E-state index contributed by atoms with van der Waals surface area (Å²) in [7, 11) is 1.89. The number of nitrogens with zero attached hydrogens (tertiary/aromatic N) is 3. The van der Waals surface area contributed by atoms with Gasteiger partial charge in [0.2, 0.25) is 0 Å². The smallest absolute Gasteiger partial charge is 0.296 e. The van der Waals surface area contributed by atoms with Crippen molar-refractivity contribution in [2.24, 2.45) is 7.05 Å². The lowest BCUT2D eigenvalue weighted by Crippen LogP contribution is -2.05. The second kappa shape index (κ2) is 5.81. The van der Waals surface area contributed by atoms with E-state index >= 15 is 0 Å². The van der Waals surface area contributed by atoms with Gasteiger partial charge >= 0.3 is 0 Å². The molecular formula is C18H15FN4O. The molecule has 0 aliphatic carbocycles. The lowest BCUT2D eigenvalue weighted by atomic mass is 10.1. The molecule has 0 fully saturated rings. The van der Waals surface area contributed by atoms with Crippen LogP contribution >= 0.6 is 0 Å². The summed E-state index contributed by atoms with van der Waals surface area (Å²) in [6, 6.07) is 16.6. The van der Waals surface area contributed by atoms with Crippen LogP contribution in [0.5, 0.6) is 0 Å². The fraction of sp³-hybridized carbons (Fsp3) is 0.111. The molecule has 0 saturated heterocycles. The molecule has 5 nitrogen and oxygen atoms in total. The highest BCUT2D eigenvalue weighted by Crippen LogP contribution is 2.21. The van der Waals surface area contributed by atoms with E-state index in [1.165, 1.54) is 12.1 Å². The maximum absolute atomic E-state index is 13.2. The summed E-state index contributed by atoms with van der Waals surface area (Å²) in [5.74, 6) is -0.332. The number of rotatable bonds is 4. The number of oxazole rings is 1. The van der Waals surface area contributed by atoms with Crippen LogP contribution in [0.4, 0.5) is 10.4 Å². The fourth-order valence-corrected chi connectivity index (χ4v) is 2.56. The highest BCUT2D eigenvalue weighted by atomic mass is 19.1. The number of halogens is 1. The van der Waals surface area contributed by atoms with E-state index in [0.29, 0.717) is 23.7 Å². The Kier molecular flexibility index (Phi) is 3.49. The number of nitrogens with one attached hydrogen (secondary N) is 1. The maximum Gasteiger partial charge on any atom is 0.296 e. The van der Waals surface area contributed by atoms with Crippen LogP contribution in [0.25, 0.3) is 22.4 Å². The van der Waals surface area contributed by atoms with E-state index < -0.39 is 0 Å². The Labute approximate surface area is 137 Å². The van der Waals surface area contributed by atoms with Crippen LogP contribution in [0.2, 0.25) is 0 Å². The standard InChI is InChI=1S/C18H15FN4O/c1-23-14(10-15(22-23)12-5-3-2-4-6-12)11-20-18-21-16-9-13(19)7-8-17(16)24-18/h2-10H,11H2,1H3,(H,20,21). The third-order valence-corrected chi connectivity index (χ3v) is 3.82. The van der Waals surface area contributed by atoms with Crippen molar-refractivity contribution in [3.05, 3.63) is 66.1 Å². The number of hydrogen-bond donors (Lipinski definition) is 1. The van der Waals surface area contributed by atoms with Gasteiger partial charge in [0.15, 0.2) is 5.58 Å².